The molecule has 1 aromatic carbocycles. The quantitative estimate of drug-likeness (QED) is 0.702. The second-order valence-corrected chi connectivity index (χ2v) is 6.41. The predicted octanol–water partition coefficient (Wildman–Crippen LogP) is 5.20. The molecule has 90 valence electrons. The van der Waals surface area contributed by atoms with E-state index >= 15 is 0 Å². The van der Waals surface area contributed by atoms with E-state index in [0.717, 1.165) is 15.6 Å². The highest BCUT2D eigenvalue weighted by Crippen LogP contribution is 2.40. The second-order valence-electron chi connectivity index (χ2n) is 3.75. The van der Waals surface area contributed by atoms with Crippen molar-refractivity contribution in [1.29, 1.82) is 0 Å². The van der Waals surface area contributed by atoms with Gasteiger partial charge in [0.25, 0.3) is 0 Å². The summed E-state index contributed by atoms with van der Waals surface area (Å²) >= 11 is 11.2. The van der Waals surface area contributed by atoms with E-state index < -0.39 is 0 Å². The fourth-order valence-electron chi connectivity index (χ4n) is 1.67. The summed E-state index contributed by atoms with van der Waals surface area (Å²) in [7, 11) is 1.69. The van der Waals surface area contributed by atoms with Crippen molar-refractivity contribution in [3.05, 3.63) is 50.7 Å². The van der Waals surface area contributed by atoms with Gasteiger partial charge in [0.05, 0.1) is 16.3 Å². The first-order valence-corrected chi connectivity index (χ1v) is 7.26. The van der Waals surface area contributed by atoms with Gasteiger partial charge in [0.1, 0.15) is 5.75 Å². The van der Waals surface area contributed by atoms with Crippen molar-refractivity contribution in [1.82, 2.24) is 0 Å². The van der Waals surface area contributed by atoms with Gasteiger partial charge in [-0.05, 0) is 25.1 Å². The monoisotopic (exact) mass is 330 g/mol. The maximum Gasteiger partial charge on any atom is 0.123 e. The normalized spacial score (nSPS) is 12.5. The molecule has 0 bridgehead atoms. The first-order valence-electron chi connectivity index (χ1n) is 5.15. The van der Waals surface area contributed by atoms with Crippen LogP contribution in [0.3, 0.4) is 0 Å². The Morgan fingerprint density at radius 2 is 2.06 bits per heavy atom. The molecule has 1 heterocycles. The molecule has 1 nitrogen and oxygen atoms in total. The van der Waals surface area contributed by atoms with Crippen LogP contribution in [0, 0.1) is 6.92 Å². The van der Waals surface area contributed by atoms with Crippen molar-refractivity contribution in [2.24, 2.45) is 0 Å². The molecule has 2 aromatic rings. The summed E-state index contributed by atoms with van der Waals surface area (Å²) in [5, 5.41) is 0. The minimum Gasteiger partial charge on any atom is -0.496 e. The molecule has 0 fully saturated rings. The number of hydrogen-bond acceptors (Lipinski definition) is 2. The van der Waals surface area contributed by atoms with Gasteiger partial charge in [0.15, 0.2) is 0 Å². The molecule has 4 heteroatoms. The van der Waals surface area contributed by atoms with Crippen LogP contribution in [0.2, 0.25) is 4.34 Å². The molecule has 17 heavy (non-hydrogen) atoms. The number of thiophene rings is 1. The van der Waals surface area contributed by atoms with E-state index in [-0.39, 0.29) is 4.83 Å². The summed E-state index contributed by atoms with van der Waals surface area (Å²) in [6.07, 6.45) is 0. The zero-order valence-corrected chi connectivity index (χ0v) is 12.7. The highest BCUT2D eigenvalue weighted by Gasteiger charge is 2.17. The molecule has 1 aromatic heterocycles. The van der Waals surface area contributed by atoms with Crippen molar-refractivity contribution < 1.29 is 4.74 Å². The van der Waals surface area contributed by atoms with Gasteiger partial charge in [-0.2, -0.15) is 0 Å². The van der Waals surface area contributed by atoms with Crippen LogP contribution in [0.1, 0.15) is 20.8 Å². The van der Waals surface area contributed by atoms with Gasteiger partial charge in [-0.3, -0.25) is 0 Å². The van der Waals surface area contributed by atoms with E-state index in [1.54, 1.807) is 18.4 Å². The average molecular weight is 332 g/mol. The Morgan fingerprint density at radius 1 is 1.29 bits per heavy atom. The Labute approximate surface area is 119 Å². The van der Waals surface area contributed by atoms with Gasteiger partial charge >= 0.3 is 0 Å². The van der Waals surface area contributed by atoms with Crippen molar-refractivity contribution >= 4 is 38.9 Å². The number of ether oxygens (including phenoxy) is 1. The first-order chi connectivity index (χ1) is 8.11. The number of halogens is 2. The maximum atomic E-state index is 5.96. The second kappa shape index (κ2) is 5.42. The number of alkyl halides is 1. The van der Waals surface area contributed by atoms with Gasteiger partial charge in [0, 0.05) is 10.4 Å². The van der Waals surface area contributed by atoms with E-state index in [0.29, 0.717) is 0 Å². The van der Waals surface area contributed by atoms with Gasteiger partial charge in [-0.1, -0.05) is 45.2 Å². The molecule has 2 rings (SSSR count). The highest BCUT2D eigenvalue weighted by atomic mass is 79.9. The Hall–Kier alpha value is -0.510. The Kier molecular flexibility index (Phi) is 4.13. The van der Waals surface area contributed by atoms with Crippen LogP contribution in [0.5, 0.6) is 5.75 Å². The minimum absolute atomic E-state index is 0.120. The van der Waals surface area contributed by atoms with Gasteiger partial charge < -0.3 is 4.74 Å². The summed E-state index contributed by atoms with van der Waals surface area (Å²) in [6, 6.07) is 10.1. The Balaban J connectivity index is 2.42. The molecule has 0 saturated heterocycles. The van der Waals surface area contributed by atoms with Crippen molar-refractivity contribution in [3.63, 3.8) is 0 Å². The standard InChI is InChI=1S/C13H12BrClOS/c1-8-3-4-10(16-2)9(7-8)13(14)11-5-6-12(15)17-11/h3-7,13H,1-2H3. The molecule has 0 aliphatic rings. The SMILES string of the molecule is COc1ccc(C)cc1C(Br)c1ccc(Cl)s1. The minimum atomic E-state index is 0.120. The molecule has 0 radical (unpaired) electrons. The molecule has 0 amide bonds. The molecule has 0 aliphatic heterocycles. The Morgan fingerprint density at radius 3 is 2.65 bits per heavy atom. The lowest BCUT2D eigenvalue weighted by atomic mass is 10.1. The van der Waals surface area contributed by atoms with E-state index in [1.807, 2.05) is 24.3 Å². The number of methoxy groups -OCH3 is 1. The summed E-state index contributed by atoms with van der Waals surface area (Å²) in [4.78, 5) is 1.30. The van der Waals surface area contributed by atoms with Crippen LogP contribution in [0.15, 0.2) is 30.3 Å². The molecule has 0 spiro atoms. The summed E-state index contributed by atoms with van der Waals surface area (Å²) < 4.78 is 6.19. The van der Waals surface area contributed by atoms with Gasteiger partial charge in [0.2, 0.25) is 0 Å². The number of hydrogen-bond donors (Lipinski definition) is 0. The largest absolute Gasteiger partial charge is 0.496 e. The molecular weight excluding hydrogens is 320 g/mol. The third-order valence-electron chi connectivity index (χ3n) is 2.50. The van der Waals surface area contributed by atoms with Crippen LogP contribution in [0.4, 0.5) is 0 Å². The molecule has 0 N–H and O–H groups in total. The van der Waals surface area contributed by atoms with E-state index in [2.05, 4.69) is 28.9 Å². The van der Waals surface area contributed by atoms with Crippen molar-refractivity contribution in [2.75, 3.05) is 7.11 Å². The van der Waals surface area contributed by atoms with Crippen LogP contribution in [-0.2, 0) is 0 Å². The lowest BCUT2D eigenvalue weighted by Gasteiger charge is -2.13. The molecule has 0 aliphatic carbocycles. The molecular formula is C13H12BrClOS. The smallest absolute Gasteiger partial charge is 0.123 e. The van der Waals surface area contributed by atoms with E-state index in [4.69, 9.17) is 16.3 Å². The van der Waals surface area contributed by atoms with Crippen molar-refractivity contribution in [3.8, 4) is 5.75 Å². The lowest BCUT2D eigenvalue weighted by molar-refractivity contribution is 0.410. The van der Waals surface area contributed by atoms with Gasteiger partial charge in [-0.25, -0.2) is 0 Å². The summed E-state index contributed by atoms with van der Waals surface area (Å²) in [5.41, 5.74) is 2.35. The fraction of sp³-hybridized carbons (Fsp3) is 0.231. The summed E-state index contributed by atoms with van der Waals surface area (Å²) in [6.45, 7) is 2.07. The molecule has 1 unspecified atom stereocenters. The van der Waals surface area contributed by atoms with Gasteiger partial charge in [-0.15, -0.1) is 11.3 Å². The number of benzene rings is 1. The number of aryl methyl sites for hydroxylation is 1. The van der Waals surface area contributed by atoms with Crippen molar-refractivity contribution in [2.45, 2.75) is 11.8 Å². The zero-order chi connectivity index (χ0) is 12.4. The van der Waals surface area contributed by atoms with E-state index in [9.17, 15) is 0 Å². The lowest BCUT2D eigenvalue weighted by Crippen LogP contribution is -1.96. The molecule has 1 atom stereocenters. The highest BCUT2D eigenvalue weighted by molar-refractivity contribution is 9.09. The van der Waals surface area contributed by atoms with Crippen LogP contribution >= 0.6 is 38.9 Å². The van der Waals surface area contributed by atoms with E-state index in [1.165, 1.54) is 10.4 Å². The third kappa shape index (κ3) is 2.84. The number of rotatable bonds is 3. The topological polar surface area (TPSA) is 9.23 Å². The average Bonchev–Trinajstić information content (AvgIpc) is 2.75. The third-order valence-corrected chi connectivity index (χ3v) is 5.09. The maximum absolute atomic E-state index is 5.96. The summed E-state index contributed by atoms with van der Waals surface area (Å²) in [5.74, 6) is 0.891. The van der Waals surface area contributed by atoms with Crippen LogP contribution < -0.4 is 4.74 Å². The predicted molar refractivity (Wildman–Crippen MR) is 77.8 cm³/mol. The Bertz CT molecular complexity index is 524. The molecule has 0 saturated carbocycles. The van der Waals surface area contributed by atoms with Crippen LogP contribution in [0.25, 0.3) is 0 Å². The van der Waals surface area contributed by atoms with Crippen LogP contribution in [-0.4, -0.2) is 7.11 Å². The first kappa shape index (κ1) is 12.9. The fourth-order valence-corrected chi connectivity index (χ4v) is 3.52. The zero-order valence-electron chi connectivity index (χ0n) is 9.54.